The quantitative estimate of drug-likeness (QED) is 0.441. The van der Waals surface area contributed by atoms with E-state index >= 15 is 0 Å². The van der Waals surface area contributed by atoms with Crippen LogP contribution in [0.5, 0.6) is 17.2 Å². The number of hydrogen-bond acceptors (Lipinski definition) is 8. The average molecular weight is 521 g/mol. The van der Waals surface area contributed by atoms with E-state index in [1.807, 2.05) is 37.3 Å². The van der Waals surface area contributed by atoms with Crippen LogP contribution in [0.2, 0.25) is 0 Å². The Labute approximate surface area is 218 Å². The van der Waals surface area contributed by atoms with E-state index in [1.165, 1.54) is 11.3 Å². The number of nitrogens with zero attached hydrogens (tertiary/aromatic N) is 2. The fraction of sp³-hybridized carbons (Fsp3) is 0.393. The number of ketones is 1. The number of benzene rings is 2. The summed E-state index contributed by atoms with van der Waals surface area (Å²) in [4.78, 5) is 34.4. The first-order chi connectivity index (χ1) is 18.0. The van der Waals surface area contributed by atoms with Crippen molar-refractivity contribution >= 4 is 38.4 Å². The van der Waals surface area contributed by atoms with Gasteiger partial charge in [-0.15, -0.1) is 0 Å². The third-order valence-corrected chi connectivity index (χ3v) is 8.37. The summed E-state index contributed by atoms with van der Waals surface area (Å²) in [5.41, 5.74) is 1.79. The minimum absolute atomic E-state index is 0.0172. The molecule has 3 unspecified atom stereocenters. The van der Waals surface area contributed by atoms with Gasteiger partial charge >= 0.3 is 0 Å². The van der Waals surface area contributed by atoms with Gasteiger partial charge in [0.05, 0.1) is 42.5 Å². The zero-order valence-electron chi connectivity index (χ0n) is 21.0. The number of anilines is 1. The fourth-order valence-corrected chi connectivity index (χ4v) is 6.74. The molecule has 3 aromatic rings. The lowest BCUT2D eigenvalue weighted by molar-refractivity contribution is -0.131. The predicted octanol–water partition coefficient (Wildman–Crippen LogP) is 5.21. The van der Waals surface area contributed by atoms with E-state index in [2.05, 4.69) is 0 Å². The maximum Gasteiger partial charge on any atom is 0.296 e. The number of carbonyl (C=O) groups is 2. The molecule has 1 amide bonds. The van der Waals surface area contributed by atoms with Gasteiger partial charge < -0.3 is 18.9 Å². The van der Waals surface area contributed by atoms with Crippen LogP contribution in [-0.4, -0.2) is 43.6 Å². The van der Waals surface area contributed by atoms with Crippen molar-refractivity contribution in [2.24, 2.45) is 5.92 Å². The van der Waals surface area contributed by atoms with Crippen molar-refractivity contribution < 1.29 is 28.5 Å². The van der Waals surface area contributed by atoms with Crippen molar-refractivity contribution in [3.63, 3.8) is 0 Å². The van der Waals surface area contributed by atoms with Crippen LogP contribution in [0.1, 0.15) is 44.2 Å². The molecular formula is C28H28N2O6S. The molecule has 6 rings (SSSR count). The number of fused-ring (bicyclic) bond motifs is 2. The zero-order chi connectivity index (χ0) is 25.7. The Morgan fingerprint density at radius 2 is 1.95 bits per heavy atom. The summed E-state index contributed by atoms with van der Waals surface area (Å²) in [5.74, 6) is 1.25. The highest BCUT2D eigenvalue weighted by Gasteiger charge is 2.53. The van der Waals surface area contributed by atoms with Crippen molar-refractivity contribution in [1.29, 1.82) is 0 Å². The molecule has 37 heavy (non-hydrogen) atoms. The predicted molar refractivity (Wildman–Crippen MR) is 139 cm³/mol. The maximum absolute atomic E-state index is 14.0. The molecule has 9 heteroatoms. The van der Waals surface area contributed by atoms with E-state index in [1.54, 1.807) is 25.2 Å². The number of ether oxygens (including phenoxy) is 4. The molecule has 0 saturated heterocycles. The molecule has 0 radical (unpaired) electrons. The van der Waals surface area contributed by atoms with Crippen LogP contribution in [0, 0.1) is 5.92 Å². The van der Waals surface area contributed by atoms with Gasteiger partial charge in [0.25, 0.3) is 5.91 Å². The average Bonchev–Trinajstić information content (AvgIpc) is 3.46. The monoisotopic (exact) mass is 520 g/mol. The Kier molecular flexibility index (Phi) is 6.03. The van der Waals surface area contributed by atoms with E-state index < -0.39 is 6.04 Å². The summed E-state index contributed by atoms with van der Waals surface area (Å²) >= 11 is 1.38. The van der Waals surface area contributed by atoms with Crippen LogP contribution in [0.4, 0.5) is 5.13 Å². The van der Waals surface area contributed by atoms with Gasteiger partial charge in [-0.05, 0) is 50.5 Å². The van der Waals surface area contributed by atoms with Crippen LogP contribution >= 0.6 is 11.3 Å². The van der Waals surface area contributed by atoms with E-state index in [-0.39, 0.29) is 29.5 Å². The number of thiazole rings is 1. The standard InChI is InChI=1S/C28H28N2O6S/c1-4-35-15-12-13-18-21(14-15)37-28(29-18)30-23(17-9-7-11-20(33-2)25(17)34-3)22-24(31)16-8-5-6-10-19(16)36-26(22)27(30)32/h7,9,11-14,16,19,23H,4-6,8,10H2,1-3H3. The molecular weight excluding hydrogens is 492 g/mol. The molecule has 2 aromatic carbocycles. The largest absolute Gasteiger partial charge is 0.494 e. The van der Waals surface area contributed by atoms with Gasteiger partial charge in [0.1, 0.15) is 17.9 Å². The minimum Gasteiger partial charge on any atom is -0.494 e. The first-order valence-electron chi connectivity index (χ1n) is 12.6. The number of amides is 1. The second kappa shape index (κ2) is 9.37. The van der Waals surface area contributed by atoms with Gasteiger partial charge in [-0.3, -0.25) is 14.5 Å². The first-order valence-corrected chi connectivity index (χ1v) is 13.4. The van der Waals surface area contributed by atoms with E-state index in [0.29, 0.717) is 34.4 Å². The van der Waals surface area contributed by atoms with Gasteiger partial charge in [-0.1, -0.05) is 29.9 Å². The summed E-state index contributed by atoms with van der Waals surface area (Å²) in [6.45, 7) is 2.49. The van der Waals surface area contributed by atoms with Crippen LogP contribution in [0.25, 0.3) is 10.2 Å². The van der Waals surface area contributed by atoms with Crippen LogP contribution in [-0.2, 0) is 14.3 Å². The van der Waals surface area contributed by atoms with Gasteiger partial charge in [0.15, 0.2) is 28.2 Å². The molecule has 8 nitrogen and oxygen atoms in total. The number of carbonyl (C=O) groups excluding carboxylic acids is 2. The number of Topliss-reactive ketones (excluding diaryl/α,β-unsaturated/α-hetero) is 1. The maximum atomic E-state index is 14.0. The highest BCUT2D eigenvalue weighted by molar-refractivity contribution is 7.22. The minimum atomic E-state index is -0.741. The topological polar surface area (TPSA) is 87.2 Å². The molecule has 0 bridgehead atoms. The van der Waals surface area contributed by atoms with Gasteiger partial charge in [0.2, 0.25) is 0 Å². The molecule has 192 valence electrons. The second-order valence-corrected chi connectivity index (χ2v) is 10.4. The lowest BCUT2D eigenvalue weighted by atomic mass is 9.77. The van der Waals surface area contributed by atoms with E-state index in [0.717, 1.165) is 41.6 Å². The third kappa shape index (κ3) is 3.75. The molecule has 3 aliphatic rings. The summed E-state index contributed by atoms with van der Waals surface area (Å²) in [6.07, 6.45) is 3.24. The molecule has 2 aliphatic heterocycles. The van der Waals surface area contributed by atoms with Crippen LogP contribution in [0.3, 0.4) is 0 Å². The molecule has 0 spiro atoms. The normalized spacial score (nSPS) is 23.1. The van der Waals surface area contributed by atoms with Gasteiger partial charge in [-0.2, -0.15) is 0 Å². The lowest BCUT2D eigenvalue weighted by Crippen LogP contribution is -2.39. The fourth-order valence-electron chi connectivity index (χ4n) is 5.72. The summed E-state index contributed by atoms with van der Waals surface area (Å²) in [7, 11) is 3.12. The SMILES string of the molecule is CCOc1ccc2nc(N3C(=O)C4=C(C(=O)C5CCCCC5O4)C3c3cccc(OC)c3OC)sc2c1. The highest BCUT2D eigenvalue weighted by Crippen LogP contribution is 2.52. The summed E-state index contributed by atoms with van der Waals surface area (Å²) in [5, 5.41) is 0.484. The second-order valence-electron chi connectivity index (χ2n) is 9.37. The van der Waals surface area contributed by atoms with E-state index in [9.17, 15) is 9.59 Å². The van der Waals surface area contributed by atoms with Crippen molar-refractivity contribution in [1.82, 2.24) is 4.98 Å². The van der Waals surface area contributed by atoms with Crippen molar-refractivity contribution in [3.05, 3.63) is 53.3 Å². The zero-order valence-corrected chi connectivity index (χ0v) is 21.8. The number of rotatable bonds is 6. The van der Waals surface area contributed by atoms with E-state index in [4.69, 9.17) is 23.9 Å². The van der Waals surface area contributed by atoms with Crippen molar-refractivity contribution in [2.45, 2.75) is 44.8 Å². The van der Waals surface area contributed by atoms with Gasteiger partial charge in [0, 0.05) is 5.56 Å². The molecule has 0 N–H and O–H groups in total. The third-order valence-electron chi connectivity index (χ3n) is 7.36. The molecule has 3 atom stereocenters. The smallest absolute Gasteiger partial charge is 0.296 e. The Balaban J connectivity index is 1.53. The molecule has 1 saturated carbocycles. The number of hydrogen-bond donors (Lipinski definition) is 0. The Morgan fingerprint density at radius 3 is 2.73 bits per heavy atom. The lowest BCUT2D eigenvalue weighted by Gasteiger charge is -2.35. The molecule has 1 fully saturated rings. The summed E-state index contributed by atoms with van der Waals surface area (Å²) < 4.78 is 24.2. The Bertz CT molecular complexity index is 1430. The number of aromatic nitrogens is 1. The van der Waals surface area contributed by atoms with Crippen LogP contribution in [0.15, 0.2) is 47.7 Å². The molecule has 1 aliphatic carbocycles. The summed E-state index contributed by atoms with van der Waals surface area (Å²) in [6, 6.07) is 10.4. The number of para-hydroxylation sites is 1. The Hall–Kier alpha value is -3.59. The molecule has 3 heterocycles. The van der Waals surface area contributed by atoms with Gasteiger partial charge in [-0.25, -0.2) is 4.98 Å². The number of methoxy groups -OCH3 is 2. The first kappa shape index (κ1) is 23.8. The van der Waals surface area contributed by atoms with Crippen molar-refractivity contribution in [2.75, 3.05) is 25.7 Å². The van der Waals surface area contributed by atoms with Crippen LogP contribution < -0.4 is 19.1 Å². The highest BCUT2D eigenvalue weighted by atomic mass is 32.1. The van der Waals surface area contributed by atoms with Crippen molar-refractivity contribution in [3.8, 4) is 17.2 Å². The Morgan fingerprint density at radius 1 is 1.11 bits per heavy atom. The molecule has 1 aromatic heterocycles.